The fraction of sp³-hybridized carbons (Fsp3) is 0.800. The molecule has 15 heavy (non-hydrogen) atoms. The van der Waals surface area contributed by atoms with Crippen molar-refractivity contribution in [3.05, 3.63) is 0 Å². The van der Waals surface area contributed by atoms with Gasteiger partial charge in [0.2, 0.25) is 10.0 Å². The largest absolute Gasteiger partial charge is 0.369 e. The molecule has 0 aromatic rings. The topological polar surface area (TPSA) is 46.6 Å². The first kappa shape index (κ1) is 12.5. The molecule has 0 unspecified atom stereocenters. The Morgan fingerprint density at radius 3 is 2.53 bits per heavy atom. The van der Waals surface area contributed by atoms with E-state index in [1.807, 2.05) is 0 Å². The first-order valence-electron chi connectivity index (χ1n) is 5.00. The highest BCUT2D eigenvalue weighted by atomic mass is 32.2. The van der Waals surface area contributed by atoms with Crippen molar-refractivity contribution in [1.29, 1.82) is 0 Å². The maximum Gasteiger partial charge on any atom is 0.211 e. The van der Waals surface area contributed by atoms with Gasteiger partial charge in [-0.05, 0) is 18.8 Å². The van der Waals surface area contributed by atoms with Gasteiger partial charge in [0.25, 0.3) is 0 Å². The zero-order valence-electron chi connectivity index (χ0n) is 8.98. The van der Waals surface area contributed by atoms with Crippen LogP contribution in [0.2, 0.25) is 0 Å². The normalized spacial score (nSPS) is 20.0. The van der Waals surface area contributed by atoms with E-state index in [1.165, 1.54) is 10.6 Å². The minimum atomic E-state index is -3.01. The summed E-state index contributed by atoms with van der Waals surface area (Å²) in [5.41, 5.74) is 0. The molecule has 1 aliphatic heterocycles. The minimum Gasteiger partial charge on any atom is -0.369 e. The van der Waals surface area contributed by atoms with Crippen LogP contribution in [-0.4, -0.2) is 45.3 Å². The molecule has 0 atom stereocenters. The molecule has 1 aliphatic rings. The monoisotopic (exact) mass is 231 g/mol. The Labute approximate surface area is 91.7 Å². The number of rotatable bonds is 4. The predicted molar refractivity (Wildman–Crippen MR) is 58.8 cm³/mol. The highest BCUT2D eigenvalue weighted by Crippen LogP contribution is 2.19. The summed E-state index contributed by atoms with van der Waals surface area (Å²) in [7, 11) is -3.01. The Balaban J connectivity index is 2.28. The maximum absolute atomic E-state index is 11.2. The predicted octanol–water partition coefficient (Wildman–Crippen LogP) is 0.308. The average molecular weight is 231 g/mol. The number of hydrogen-bond acceptors (Lipinski definition) is 3. The van der Waals surface area contributed by atoms with E-state index >= 15 is 0 Å². The molecule has 1 fully saturated rings. The van der Waals surface area contributed by atoms with E-state index in [4.69, 9.17) is 11.2 Å². The summed E-state index contributed by atoms with van der Waals surface area (Å²) in [6.45, 7) is 2.18. The Bertz CT molecular complexity index is 323. The van der Waals surface area contributed by atoms with Crippen molar-refractivity contribution in [2.75, 3.05) is 32.6 Å². The number of sulfonamides is 1. The van der Waals surface area contributed by atoms with E-state index in [1.54, 1.807) is 0 Å². The lowest BCUT2D eigenvalue weighted by Gasteiger charge is -2.29. The molecule has 0 amide bonds. The summed E-state index contributed by atoms with van der Waals surface area (Å²) in [6, 6.07) is 0. The van der Waals surface area contributed by atoms with Gasteiger partial charge in [-0.1, -0.05) is 5.92 Å². The lowest BCUT2D eigenvalue weighted by molar-refractivity contribution is 0.101. The van der Waals surface area contributed by atoms with Gasteiger partial charge in [-0.3, -0.25) is 0 Å². The maximum atomic E-state index is 11.2. The summed E-state index contributed by atoms with van der Waals surface area (Å²) in [4.78, 5) is 0. The lowest BCUT2D eigenvalue weighted by atomic mass is 9.99. The van der Waals surface area contributed by atoms with Gasteiger partial charge in [0, 0.05) is 13.1 Å². The Kier molecular flexibility index (Phi) is 4.58. The smallest absolute Gasteiger partial charge is 0.211 e. The van der Waals surface area contributed by atoms with Crippen molar-refractivity contribution in [3.8, 4) is 12.3 Å². The van der Waals surface area contributed by atoms with Gasteiger partial charge in [-0.25, -0.2) is 12.7 Å². The Morgan fingerprint density at radius 2 is 2.07 bits per heavy atom. The van der Waals surface area contributed by atoms with Crippen LogP contribution in [0.1, 0.15) is 12.8 Å². The molecule has 0 saturated carbocycles. The van der Waals surface area contributed by atoms with Crippen LogP contribution < -0.4 is 0 Å². The van der Waals surface area contributed by atoms with Gasteiger partial charge >= 0.3 is 0 Å². The quantitative estimate of drug-likeness (QED) is 0.517. The van der Waals surface area contributed by atoms with Gasteiger partial charge in [-0.2, -0.15) is 0 Å². The third-order valence-electron chi connectivity index (χ3n) is 2.58. The number of terminal acetylenes is 1. The van der Waals surface area contributed by atoms with Crippen LogP contribution in [0.5, 0.6) is 0 Å². The zero-order chi connectivity index (χ0) is 11.3. The second kappa shape index (κ2) is 5.50. The molecular formula is C10H17NO3S. The molecule has 5 heteroatoms. The fourth-order valence-corrected chi connectivity index (χ4v) is 2.57. The zero-order valence-corrected chi connectivity index (χ0v) is 9.79. The SMILES string of the molecule is C#CCOCC1CCN(S(C)(=O)=O)CC1. The van der Waals surface area contributed by atoms with Crippen molar-refractivity contribution < 1.29 is 13.2 Å². The highest BCUT2D eigenvalue weighted by molar-refractivity contribution is 7.88. The molecule has 1 rings (SSSR count). The highest BCUT2D eigenvalue weighted by Gasteiger charge is 2.24. The van der Waals surface area contributed by atoms with Crippen LogP contribution >= 0.6 is 0 Å². The number of piperidine rings is 1. The summed E-state index contributed by atoms with van der Waals surface area (Å²) in [6.07, 6.45) is 8.03. The van der Waals surface area contributed by atoms with Crippen molar-refractivity contribution in [2.24, 2.45) is 5.92 Å². The van der Waals surface area contributed by atoms with Crippen LogP contribution in [0.3, 0.4) is 0 Å². The summed E-state index contributed by atoms with van der Waals surface area (Å²) >= 11 is 0. The second-order valence-electron chi connectivity index (χ2n) is 3.82. The lowest BCUT2D eigenvalue weighted by Crippen LogP contribution is -2.38. The van der Waals surface area contributed by atoms with Crippen LogP contribution in [0, 0.1) is 18.3 Å². The standard InChI is InChI=1S/C10H17NO3S/c1-3-8-14-9-10-4-6-11(7-5-10)15(2,12)13/h1,10H,4-9H2,2H3. The second-order valence-corrected chi connectivity index (χ2v) is 5.81. The van der Waals surface area contributed by atoms with Gasteiger partial charge in [0.1, 0.15) is 6.61 Å². The van der Waals surface area contributed by atoms with E-state index in [-0.39, 0.29) is 0 Å². The van der Waals surface area contributed by atoms with Crippen LogP contribution in [0.25, 0.3) is 0 Å². The van der Waals surface area contributed by atoms with Crippen molar-refractivity contribution in [3.63, 3.8) is 0 Å². The summed E-state index contributed by atoms with van der Waals surface area (Å²) in [5.74, 6) is 2.85. The summed E-state index contributed by atoms with van der Waals surface area (Å²) in [5, 5.41) is 0. The van der Waals surface area contributed by atoms with Gasteiger partial charge in [0.15, 0.2) is 0 Å². The number of ether oxygens (including phenoxy) is 1. The third-order valence-corrected chi connectivity index (χ3v) is 3.88. The molecule has 0 aromatic heterocycles. The van der Waals surface area contributed by atoms with Crippen LogP contribution in [-0.2, 0) is 14.8 Å². The molecule has 0 aliphatic carbocycles. The number of nitrogens with zero attached hydrogens (tertiary/aromatic N) is 1. The molecule has 1 saturated heterocycles. The first-order chi connectivity index (χ1) is 7.04. The molecule has 0 radical (unpaired) electrons. The summed E-state index contributed by atoms with van der Waals surface area (Å²) < 4.78 is 29.2. The van der Waals surface area contributed by atoms with E-state index in [9.17, 15) is 8.42 Å². The van der Waals surface area contributed by atoms with Gasteiger partial charge in [-0.15, -0.1) is 6.42 Å². The molecular weight excluding hydrogens is 214 g/mol. The van der Waals surface area contributed by atoms with Crippen LogP contribution in [0.4, 0.5) is 0 Å². The van der Waals surface area contributed by atoms with Gasteiger partial charge in [0.05, 0.1) is 12.9 Å². The molecule has 1 heterocycles. The average Bonchev–Trinajstić information content (AvgIpc) is 2.18. The van der Waals surface area contributed by atoms with Gasteiger partial charge < -0.3 is 4.74 Å². The molecule has 0 bridgehead atoms. The minimum absolute atomic E-state index is 0.340. The van der Waals surface area contributed by atoms with E-state index in [0.29, 0.717) is 32.2 Å². The van der Waals surface area contributed by atoms with Crippen molar-refractivity contribution in [1.82, 2.24) is 4.31 Å². The van der Waals surface area contributed by atoms with Crippen LogP contribution in [0.15, 0.2) is 0 Å². The fourth-order valence-electron chi connectivity index (χ4n) is 1.69. The first-order valence-corrected chi connectivity index (χ1v) is 6.85. The third kappa shape index (κ3) is 4.20. The molecule has 0 N–H and O–H groups in total. The Morgan fingerprint density at radius 1 is 1.47 bits per heavy atom. The Hall–Kier alpha value is -0.570. The van der Waals surface area contributed by atoms with Crippen molar-refractivity contribution >= 4 is 10.0 Å². The molecule has 0 aromatic carbocycles. The number of hydrogen-bond donors (Lipinski definition) is 0. The molecule has 0 spiro atoms. The van der Waals surface area contributed by atoms with E-state index in [0.717, 1.165) is 12.8 Å². The van der Waals surface area contributed by atoms with Crippen molar-refractivity contribution in [2.45, 2.75) is 12.8 Å². The molecule has 86 valence electrons. The van der Waals surface area contributed by atoms with E-state index < -0.39 is 10.0 Å². The van der Waals surface area contributed by atoms with E-state index in [2.05, 4.69) is 5.92 Å². The molecule has 4 nitrogen and oxygen atoms in total.